The first-order valence-electron chi connectivity index (χ1n) is 7.19. The molecule has 0 aromatic rings. The summed E-state index contributed by atoms with van der Waals surface area (Å²) in [7, 11) is 0. The highest BCUT2D eigenvalue weighted by molar-refractivity contribution is 5.01. The van der Waals surface area contributed by atoms with Crippen molar-refractivity contribution >= 4 is 0 Å². The van der Waals surface area contributed by atoms with Crippen molar-refractivity contribution in [3.8, 4) is 0 Å². The van der Waals surface area contributed by atoms with Gasteiger partial charge in [-0.2, -0.15) is 0 Å². The second-order valence-electron chi connectivity index (χ2n) is 5.64. The summed E-state index contributed by atoms with van der Waals surface area (Å²) in [6.07, 6.45) is 6.06. The summed E-state index contributed by atoms with van der Waals surface area (Å²) in [4.78, 5) is 2.66. The first kappa shape index (κ1) is 14.7. The standard InChI is InChI=1S/C15H30N2/c1-6-14-11-16-15(7-2,8-3)12-17(14)10-9-13(4)5/h9,14,16H,6-8,10-12H2,1-5H3. The molecule has 1 rings (SSSR count). The second kappa shape index (κ2) is 6.55. The molecule has 0 saturated carbocycles. The molecule has 2 heteroatoms. The van der Waals surface area contributed by atoms with Crippen LogP contribution >= 0.6 is 0 Å². The summed E-state index contributed by atoms with van der Waals surface area (Å²) < 4.78 is 0. The van der Waals surface area contributed by atoms with Crippen LogP contribution in [0.5, 0.6) is 0 Å². The predicted octanol–water partition coefficient (Wildman–Crippen LogP) is 3.20. The van der Waals surface area contributed by atoms with Crippen LogP contribution in [-0.4, -0.2) is 36.1 Å². The van der Waals surface area contributed by atoms with Gasteiger partial charge in [-0.05, 0) is 33.1 Å². The summed E-state index contributed by atoms with van der Waals surface area (Å²) in [6.45, 7) is 14.8. The Morgan fingerprint density at radius 2 is 1.94 bits per heavy atom. The summed E-state index contributed by atoms with van der Waals surface area (Å²) in [6, 6.07) is 0.705. The minimum absolute atomic E-state index is 0.348. The molecular formula is C15H30N2. The van der Waals surface area contributed by atoms with Gasteiger partial charge in [0.25, 0.3) is 0 Å². The number of allylic oxidation sites excluding steroid dienone is 1. The Hall–Kier alpha value is -0.340. The van der Waals surface area contributed by atoms with E-state index in [1.54, 1.807) is 0 Å². The lowest BCUT2D eigenvalue weighted by Crippen LogP contribution is -2.63. The number of nitrogens with one attached hydrogen (secondary N) is 1. The molecule has 0 aromatic heterocycles. The van der Waals surface area contributed by atoms with E-state index < -0.39 is 0 Å². The third-order valence-corrected chi connectivity index (χ3v) is 4.29. The Balaban J connectivity index is 2.70. The molecule has 17 heavy (non-hydrogen) atoms. The van der Waals surface area contributed by atoms with Gasteiger partial charge >= 0.3 is 0 Å². The first-order chi connectivity index (χ1) is 8.06. The van der Waals surface area contributed by atoms with Crippen molar-refractivity contribution in [3.05, 3.63) is 11.6 Å². The number of hydrogen-bond donors (Lipinski definition) is 1. The largest absolute Gasteiger partial charge is 0.308 e. The van der Waals surface area contributed by atoms with E-state index >= 15 is 0 Å². The van der Waals surface area contributed by atoms with Crippen LogP contribution in [0, 0.1) is 0 Å². The number of nitrogens with zero attached hydrogens (tertiary/aromatic N) is 1. The lowest BCUT2D eigenvalue weighted by Gasteiger charge is -2.47. The molecule has 1 fully saturated rings. The maximum absolute atomic E-state index is 3.79. The van der Waals surface area contributed by atoms with Gasteiger partial charge in [0, 0.05) is 31.2 Å². The maximum atomic E-state index is 3.79. The van der Waals surface area contributed by atoms with Gasteiger partial charge in [0.2, 0.25) is 0 Å². The zero-order valence-corrected chi connectivity index (χ0v) is 12.3. The van der Waals surface area contributed by atoms with Crippen molar-refractivity contribution in [3.63, 3.8) is 0 Å². The van der Waals surface area contributed by atoms with E-state index in [0.717, 1.165) is 13.1 Å². The van der Waals surface area contributed by atoms with E-state index in [9.17, 15) is 0 Å². The Bertz CT molecular complexity index is 250. The minimum atomic E-state index is 0.348. The monoisotopic (exact) mass is 238 g/mol. The molecule has 1 heterocycles. The third kappa shape index (κ3) is 3.82. The van der Waals surface area contributed by atoms with Crippen molar-refractivity contribution < 1.29 is 0 Å². The fourth-order valence-electron chi connectivity index (χ4n) is 2.68. The van der Waals surface area contributed by atoms with Crippen LogP contribution in [0.1, 0.15) is 53.9 Å². The van der Waals surface area contributed by atoms with Crippen molar-refractivity contribution in [1.82, 2.24) is 10.2 Å². The van der Waals surface area contributed by atoms with Crippen molar-refractivity contribution in [1.29, 1.82) is 0 Å². The molecule has 0 amide bonds. The minimum Gasteiger partial charge on any atom is -0.308 e. The molecule has 0 aliphatic carbocycles. The highest BCUT2D eigenvalue weighted by Gasteiger charge is 2.35. The molecule has 100 valence electrons. The maximum Gasteiger partial charge on any atom is 0.0304 e. The lowest BCUT2D eigenvalue weighted by atomic mass is 9.88. The highest BCUT2D eigenvalue weighted by Crippen LogP contribution is 2.23. The number of hydrogen-bond acceptors (Lipinski definition) is 2. The molecule has 0 bridgehead atoms. The molecule has 1 N–H and O–H groups in total. The zero-order valence-electron chi connectivity index (χ0n) is 12.3. The normalized spacial score (nSPS) is 24.6. The van der Waals surface area contributed by atoms with Gasteiger partial charge < -0.3 is 5.32 Å². The van der Waals surface area contributed by atoms with E-state index in [4.69, 9.17) is 0 Å². The molecule has 1 aliphatic heterocycles. The summed E-state index contributed by atoms with van der Waals surface area (Å²) in [5.74, 6) is 0. The van der Waals surface area contributed by atoms with Gasteiger partial charge in [0.05, 0.1) is 0 Å². The highest BCUT2D eigenvalue weighted by atomic mass is 15.2. The third-order valence-electron chi connectivity index (χ3n) is 4.29. The molecule has 0 aromatic carbocycles. The van der Waals surface area contributed by atoms with Crippen LogP contribution in [0.3, 0.4) is 0 Å². The molecule has 1 unspecified atom stereocenters. The van der Waals surface area contributed by atoms with Crippen LogP contribution in [0.2, 0.25) is 0 Å². The summed E-state index contributed by atoms with van der Waals surface area (Å²) in [5, 5.41) is 3.79. The number of piperazine rings is 1. The molecular weight excluding hydrogens is 208 g/mol. The molecule has 1 atom stereocenters. The van der Waals surface area contributed by atoms with Gasteiger partial charge in [0.15, 0.2) is 0 Å². The van der Waals surface area contributed by atoms with Gasteiger partial charge in [-0.25, -0.2) is 0 Å². The van der Waals surface area contributed by atoms with Crippen LogP contribution in [0.25, 0.3) is 0 Å². The average molecular weight is 238 g/mol. The van der Waals surface area contributed by atoms with E-state index in [-0.39, 0.29) is 0 Å². The van der Waals surface area contributed by atoms with E-state index in [1.165, 1.54) is 31.4 Å². The van der Waals surface area contributed by atoms with E-state index in [2.05, 4.69) is 50.9 Å². The SMILES string of the molecule is CCC1CNC(CC)(CC)CN1CC=C(C)C. The van der Waals surface area contributed by atoms with E-state index in [0.29, 0.717) is 11.6 Å². The molecule has 2 nitrogen and oxygen atoms in total. The van der Waals surface area contributed by atoms with Crippen LogP contribution in [0.4, 0.5) is 0 Å². The molecule has 1 aliphatic rings. The molecule has 0 spiro atoms. The zero-order chi connectivity index (χ0) is 12.9. The molecule has 1 saturated heterocycles. The molecule has 0 radical (unpaired) electrons. The average Bonchev–Trinajstić information content (AvgIpc) is 2.35. The van der Waals surface area contributed by atoms with Crippen LogP contribution in [0.15, 0.2) is 11.6 Å². The Labute approximate surface area is 107 Å². The van der Waals surface area contributed by atoms with Crippen molar-refractivity contribution in [2.24, 2.45) is 0 Å². The first-order valence-corrected chi connectivity index (χ1v) is 7.19. The van der Waals surface area contributed by atoms with Crippen molar-refractivity contribution in [2.75, 3.05) is 19.6 Å². The Morgan fingerprint density at radius 3 is 2.41 bits per heavy atom. The second-order valence-corrected chi connectivity index (χ2v) is 5.64. The summed E-state index contributed by atoms with van der Waals surface area (Å²) in [5.41, 5.74) is 1.78. The van der Waals surface area contributed by atoms with E-state index in [1.807, 2.05) is 0 Å². The fraction of sp³-hybridized carbons (Fsp3) is 0.867. The Morgan fingerprint density at radius 1 is 1.29 bits per heavy atom. The number of rotatable bonds is 5. The quantitative estimate of drug-likeness (QED) is 0.740. The van der Waals surface area contributed by atoms with Gasteiger partial charge in [-0.3, -0.25) is 4.90 Å². The van der Waals surface area contributed by atoms with Gasteiger partial charge in [0.1, 0.15) is 0 Å². The Kier molecular flexibility index (Phi) is 5.68. The smallest absolute Gasteiger partial charge is 0.0304 e. The predicted molar refractivity (Wildman–Crippen MR) is 76.4 cm³/mol. The summed E-state index contributed by atoms with van der Waals surface area (Å²) >= 11 is 0. The van der Waals surface area contributed by atoms with Gasteiger partial charge in [-0.1, -0.05) is 32.4 Å². The van der Waals surface area contributed by atoms with Crippen molar-refractivity contribution in [2.45, 2.75) is 65.5 Å². The fourth-order valence-corrected chi connectivity index (χ4v) is 2.68. The topological polar surface area (TPSA) is 15.3 Å². The van der Waals surface area contributed by atoms with Gasteiger partial charge in [-0.15, -0.1) is 0 Å². The van der Waals surface area contributed by atoms with Crippen LogP contribution in [-0.2, 0) is 0 Å². The lowest BCUT2D eigenvalue weighted by molar-refractivity contribution is 0.0808. The van der Waals surface area contributed by atoms with Crippen LogP contribution < -0.4 is 5.32 Å².